The molecule has 5 aromatic rings. The number of thioether (sulfide) groups is 1. The van der Waals surface area contributed by atoms with Gasteiger partial charge in [0, 0.05) is 17.4 Å². The summed E-state index contributed by atoms with van der Waals surface area (Å²) in [5.74, 6) is -1.28. The van der Waals surface area contributed by atoms with Gasteiger partial charge in [-0.15, -0.1) is 13.2 Å². The molecule has 0 aliphatic carbocycles. The number of aromatic nitrogens is 3. The second-order valence-electron chi connectivity index (χ2n) is 8.16. The van der Waals surface area contributed by atoms with Crippen LogP contribution < -0.4 is 15.6 Å². The summed E-state index contributed by atoms with van der Waals surface area (Å²) in [4.78, 5) is 33.8. The average Bonchev–Trinajstić information content (AvgIpc) is 3.26. The Morgan fingerprint density at radius 1 is 1.03 bits per heavy atom. The van der Waals surface area contributed by atoms with Crippen LogP contribution in [0.1, 0.15) is 5.56 Å². The number of carbonyl (C=O) groups is 1. The van der Waals surface area contributed by atoms with E-state index in [1.54, 1.807) is 36.4 Å². The van der Waals surface area contributed by atoms with Crippen LogP contribution in [-0.4, -0.2) is 32.6 Å². The SMILES string of the molecule is O=C(CSc1nc2c([nH]c3ccccc32)c(=O)n1-c1ccc(OC(F)(F)F)cc1)NCc1ccc(F)cc1. The number of nitrogens with one attached hydrogen (secondary N) is 2. The summed E-state index contributed by atoms with van der Waals surface area (Å²) >= 11 is 0.997. The Morgan fingerprint density at radius 2 is 1.74 bits per heavy atom. The van der Waals surface area contributed by atoms with Gasteiger partial charge >= 0.3 is 6.36 Å². The van der Waals surface area contributed by atoms with E-state index in [2.05, 4.69) is 20.0 Å². The Bertz CT molecular complexity index is 1680. The van der Waals surface area contributed by atoms with E-state index in [9.17, 15) is 27.2 Å². The zero-order valence-electron chi connectivity index (χ0n) is 19.4. The summed E-state index contributed by atoms with van der Waals surface area (Å²) < 4.78 is 56.0. The van der Waals surface area contributed by atoms with Crippen molar-refractivity contribution in [2.45, 2.75) is 18.1 Å². The molecule has 194 valence electrons. The number of nitrogens with zero attached hydrogens (tertiary/aromatic N) is 2. The predicted molar refractivity (Wildman–Crippen MR) is 135 cm³/mol. The third kappa shape index (κ3) is 5.49. The number of ether oxygens (including phenoxy) is 1. The monoisotopic (exact) mass is 542 g/mol. The molecule has 0 radical (unpaired) electrons. The van der Waals surface area contributed by atoms with E-state index in [-0.39, 0.29) is 40.4 Å². The van der Waals surface area contributed by atoms with Crippen LogP contribution in [0.5, 0.6) is 5.75 Å². The first kappa shape index (κ1) is 25.3. The zero-order chi connectivity index (χ0) is 26.9. The standard InChI is InChI=1S/C26H18F4N4O3S/c27-16-7-5-15(6-8-16)13-31-21(35)14-38-25-33-22-19-3-1-2-4-20(19)32-23(22)24(36)34(25)17-9-11-18(12-10-17)37-26(28,29)30/h1-12,32H,13-14H2,(H,31,35). The van der Waals surface area contributed by atoms with Crippen molar-refractivity contribution < 1.29 is 27.1 Å². The number of hydrogen-bond donors (Lipinski definition) is 2. The number of amides is 1. The van der Waals surface area contributed by atoms with Crippen LogP contribution in [0, 0.1) is 5.82 Å². The lowest BCUT2D eigenvalue weighted by molar-refractivity contribution is -0.274. The van der Waals surface area contributed by atoms with E-state index in [0.717, 1.165) is 23.9 Å². The fraction of sp³-hybridized carbons (Fsp3) is 0.115. The molecule has 0 aliphatic rings. The second-order valence-corrected chi connectivity index (χ2v) is 9.11. The number of hydrogen-bond acceptors (Lipinski definition) is 5. The van der Waals surface area contributed by atoms with Crippen LogP contribution in [0.3, 0.4) is 0 Å². The highest BCUT2D eigenvalue weighted by Crippen LogP contribution is 2.28. The summed E-state index contributed by atoms with van der Waals surface area (Å²) in [5, 5.41) is 3.61. The van der Waals surface area contributed by atoms with Gasteiger partial charge in [0.2, 0.25) is 5.91 Å². The van der Waals surface area contributed by atoms with Crippen LogP contribution in [0.15, 0.2) is 82.7 Å². The Kier molecular flexibility index (Phi) is 6.81. The van der Waals surface area contributed by atoms with Gasteiger partial charge in [0.1, 0.15) is 22.6 Å². The molecule has 2 heterocycles. The molecule has 38 heavy (non-hydrogen) atoms. The van der Waals surface area contributed by atoms with E-state index in [0.29, 0.717) is 22.0 Å². The first-order valence-corrected chi connectivity index (χ1v) is 12.2. The van der Waals surface area contributed by atoms with Gasteiger partial charge in [-0.05, 0) is 48.0 Å². The molecule has 0 aliphatic heterocycles. The van der Waals surface area contributed by atoms with Crippen LogP contribution in [0.2, 0.25) is 0 Å². The summed E-state index contributed by atoms with van der Waals surface area (Å²) in [5.41, 5.74) is 1.78. The van der Waals surface area contributed by atoms with E-state index < -0.39 is 17.7 Å². The Hall–Kier alpha value is -4.32. The van der Waals surface area contributed by atoms with Gasteiger partial charge in [-0.3, -0.25) is 14.2 Å². The third-order valence-electron chi connectivity index (χ3n) is 5.56. The largest absolute Gasteiger partial charge is 0.573 e. The first-order chi connectivity index (χ1) is 18.2. The van der Waals surface area contributed by atoms with E-state index in [1.807, 2.05) is 0 Å². The Balaban J connectivity index is 1.47. The average molecular weight is 543 g/mol. The van der Waals surface area contributed by atoms with Crippen LogP contribution >= 0.6 is 11.8 Å². The van der Waals surface area contributed by atoms with Gasteiger partial charge in [0.05, 0.1) is 11.4 Å². The molecule has 0 fully saturated rings. The number of halogens is 4. The van der Waals surface area contributed by atoms with Gasteiger partial charge < -0.3 is 15.0 Å². The van der Waals surface area contributed by atoms with Crippen molar-refractivity contribution >= 4 is 39.6 Å². The van der Waals surface area contributed by atoms with Crippen molar-refractivity contribution in [3.8, 4) is 11.4 Å². The van der Waals surface area contributed by atoms with Crippen LogP contribution in [0.4, 0.5) is 17.6 Å². The minimum Gasteiger partial charge on any atom is -0.406 e. The fourth-order valence-corrected chi connectivity index (χ4v) is 4.68. The molecule has 0 unspecified atom stereocenters. The minimum atomic E-state index is -4.86. The van der Waals surface area contributed by atoms with Crippen LogP contribution in [-0.2, 0) is 11.3 Å². The molecular weight excluding hydrogens is 524 g/mol. The highest BCUT2D eigenvalue weighted by Gasteiger charge is 2.31. The van der Waals surface area contributed by atoms with E-state index >= 15 is 0 Å². The van der Waals surface area contributed by atoms with E-state index in [1.165, 1.54) is 28.8 Å². The molecule has 0 bridgehead atoms. The number of aromatic amines is 1. The number of benzene rings is 3. The number of para-hydroxylation sites is 1. The maximum absolute atomic E-state index is 13.6. The summed E-state index contributed by atoms with van der Waals surface area (Å²) in [6, 6.07) is 17.7. The number of fused-ring (bicyclic) bond motifs is 3. The molecule has 2 N–H and O–H groups in total. The predicted octanol–water partition coefficient (Wildman–Crippen LogP) is 5.31. The smallest absolute Gasteiger partial charge is 0.406 e. The quantitative estimate of drug-likeness (QED) is 0.165. The molecule has 0 saturated carbocycles. The molecule has 12 heteroatoms. The highest BCUT2D eigenvalue weighted by molar-refractivity contribution is 7.99. The second kappa shape index (κ2) is 10.2. The summed E-state index contributed by atoms with van der Waals surface area (Å²) in [6.07, 6.45) is -4.86. The maximum atomic E-state index is 13.6. The molecule has 0 atom stereocenters. The number of alkyl halides is 3. The van der Waals surface area contributed by atoms with Gasteiger partial charge in [0.25, 0.3) is 5.56 Å². The van der Waals surface area contributed by atoms with Crippen molar-refractivity contribution in [3.05, 3.63) is 94.5 Å². The topological polar surface area (TPSA) is 89.0 Å². The van der Waals surface area contributed by atoms with Crippen LogP contribution in [0.25, 0.3) is 27.6 Å². The van der Waals surface area contributed by atoms with Gasteiger partial charge in [-0.2, -0.15) is 0 Å². The number of carbonyl (C=O) groups excluding carboxylic acids is 1. The van der Waals surface area contributed by atoms with Crippen molar-refractivity contribution in [2.75, 3.05) is 5.75 Å². The van der Waals surface area contributed by atoms with Crippen molar-refractivity contribution in [3.63, 3.8) is 0 Å². The van der Waals surface area contributed by atoms with Crippen molar-refractivity contribution in [1.29, 1.82) is 0 Å². The highest BCUT2D eigenvalue weighted by atomic mass is 32.2. The Labute approximate surface area is 216 Å². The third-order valence-corrected chi connectivity index (χ3v) is 6.50. The number of rotatable bonds is 7. The van der Waals surface area contributed by atoms with Gasteiger partial charge in [-0.1, -0.05) is 42.1 Å². The lowest BCUT2D eigenvalue weighted by Crippen LogP contribution is -2.26. The summed E-state index contributed by atoms with van der Waals surface area (Å²) in [7, 11) is 0. The molecular formula is C26H18F4N4O3S. The molecule has 3 aromatic carbocycles. The van der Waals surface area contributed by atoms with Gasteiger partial charge in [0.15, 0.2) is 5.16 Å². The molecule has 0 spiro atoms. The Morgan fingerprint density at radius 3 is 2.45 bits per heavy atom. The number of H-pyrrole nitrogens is 1. The summed E-state index contributed by atoms with van der Waals surface area (Å²) in [6.45, 7) is 0.183. The minimum absolute atomic E-state index is 0.100. The fourth-order valence-electron chi connectivity index (χ4n) is 3.85. The molecule has 0 saturated heterocycles. The van der Waals surface area contributed by atoms with Gasteiger partial charge in [-0.25, -0.2) is 9.37 Å². The zero-order valence-corrected chi connectivity index (χ0v) is 20.2. The normalized spacial score (nSPS) is 11.7. The lowest BCUT2D eigenvalue weighted by Gasteiger charge is -2.13. The van der Waals surface area contributed by atoms with Crippen molar-refractivity contribution in [2.24, 2.45) is 0 Å². The molecule has 2 aromatic heterocycles. The van der Waals surface area contributed by atoms with Crippen molar-refractivity contribution in [1.82, 2.24) is 19.9 Å². The maximum Gasteiger partial charge on any atom is 0.573 e. The molecule has 1 amide bonds. The molecule has 5 rings (SSSR count). The van der Waals surface area contributed by atoms with E-state index in [4.69, 9.17) is 0 Å². The molecule has 7 nitrogen and oxygen atoms in total. The lowest BCUT2D eigenvalue weighted by atomic mass is 10.2. The first-order valence-electron chi connectivity index (χ1n) is 11.2.